The molecule has 0 bridgehead atoms. The van der Waals surface area contributed by atoms with Gasteiger partial charge in [0.25, 0.3) is 0 Å². The average Bonchev–Trinajstić information content (AvgIpc) is 2.96. The predicted molar refractivity (Wildman–Crippen MR) is 93.3 cm³/mol. The lowest BCUT2D eigenvalue weighted by Crippen LogP contribution is -2.54. The summed E-state index contributed by atoms with van der Waals surface area (Å²) in [5.41, 5.74) is -0.577. The van der Waals surface area contributed by atoms with Crippen LogP contribution in [0.4, 0.5) is 0 Å². The minimum Gasteiger partial charge on any atom is -0.393 e. The maximum atomic E-state index is 12.4. The molecule has 136 valence electrons. The molecular weight excluding hydrogens is 300 g/mol. The van der Waals surface area contributed by atoms with Crippen molar-refractivity contribution >= 4 is 5.78 Å². The van der Waals surface area contributed by atoms with E-state index >= 15 is 0 Å². The second-order valence-electron chi connectivity index (χ2n) is 9.26. The molecule has 8 atom stereocenters. The first-order valence-electron chi connectivity index (χ1n) is 11.7. The number of hydrogen-bond donors (Lipinski definition) is 2. The van der Waals surface area contributed by atoms with Crippen LogP contribution in [-0.2, 0) is 4.79 Å². The maximum absolute atomic E-state index is 12.4. The second kappa shape index (κ2) is 5.81. The molecule has 2 N–H and O–H groups in total. The number of carbonyl (C=O) groups is 1. The summed E-state index contributed by atoms with van der Waals surface area (Å²) in [6.07, 6.45) is -0.120. The molecular formula is C21H34O3. The highest BCUT2D eigenvalue weighted by Crippen LogP contribution is 2.67. The van der Waals surface area contributed by atoms with E-state index in [4.69, 9.17) is 5.48 Å². The maximum Gasteiger partial charge on any atom is 0.161 e. The normalized spacial score (nSPS) is 60.5. The lowest BCUT2D eigenvalue weighted by atomic mass is 9.44. The Morgan fingerprint density at radius 3 is 2.58 bits per heavy atom. The summed E-state index contributed by atoms with van der Waals surface area (Å²) in [6.45, 7) is 3.87. The van der Waals surface area contributed by atoms with Gasteiger partial charge in [-0.3, -0.25) is 4.79 Å². The Kier molecular flexibility index (Phi) is 3.11. The third-order valence-electron chi connectivity index (χ3n) is 8.45. The Bertz CT molecular complexity index is 668. The van der Waals surface area contributed by atoms with Gasteiger partial charge in [-0.05, 0) is 92.2 Å². The molecule has 3 nitrogen and oxygen atoms in total. The van der Waals surface area contributed by atoms with Crippen molar-refractivity contribution in [1.29, 1.82) is 0 Å². The zero-order valence-electron chi connectivity index (χ0n) is 18.9. The van der Waals surface area contributed by atoms with E-state index in [-0.39, 0.29) is 42.0 Å². The first-order chi connectivity index (χ1) is 12.9. The zero-order chi connectivity index (χ0) is 20.7. The van der Waals surface area contributed by atoms with Crippen LogP contribution in [0.15, 0.2) is 0 Å². The summed E-state index contributed by atoms with van der Waals surface area (Å²) in [5, 5.41) is 19.8. The minimum absolute atomic E-state index is 0.0446. The number of carbonyl (C=O) groups excluding carboxylic acids is 1. The summed E-state index contributed by atoms with van der Waals surface area (Å²) < 4.78 is 33.8. The number of rotatable bonds is 2. The fourth-order valence-electron chi connectivity index (χ4n) is 7.19. The van der Waals surface area contributed by atoms with Crippen LogP contribution in [0.3, 0.4) is 0 Å². The molecule has 0 aromatic rings. The first-order valence-corrected chi connectivity index (χ1v) is 9.71. The smallest absolute Gasteiger partial charge is 0.161 e. The summed E-state index contributed by atoms with van der Waals surface area (Å²) >= 11 is 0. The van der Waals surface area contributed by atoms with E-state index in [1.165, 1.54) is 0 Å². The van der Waals surface area contributed by atoms with Crippen molar-refractivity contribution < 1.29 is 20.5 Å². The average molecular weight is 339 g/mol. The van der Waals surface area contributed by atoms with E-state index in [0.717, 1.165) is 32.1 Å². The van der Waals surface area contributed by atoms with Crippen molar-refractivity contribution in [1.82, 2.24) is 0 Å². The van der Waals surface area contributed by atoms with E-state index in [0.29, 0.717) is 18.3 Å². The predicted octanol–water partition coefficient (Wildman–Crippen LogP) is 3.57. The van der Waals surface area contributed by atoms with E-state index in [2.05, 4.69) is 13.8 Å². The summed E-state index contributed by atoms with van der Waals surface area (Å²) in [4.78, 5) is 12.4. The standard InChI is InChI=1S/C21H34O3/c1-20-9-7-14(23)11-13(20)3-4-15-16-5-6-18(19(24)12-22)21(16,2)10-8-17(15)20/h13-18,22-23H,3-12H2,1-2H3/t13?,14-,15-,16?,17?,18+,20-,21-/m0/s1/i7D2,11D2. The topological polar surface area (TPSA) is 57.5 Å². The van der Waals surface area contributed by atoms with E-state index < -0.39 is 24.3 Å². The van der Waals surface area contributed by atoms with Crippen LogP contribution >= 0.6 is 0 Å². The fraction of sp³-hybridized carbons (Fsp3) is 0.952. The largest absolute Gasteiger partial charge is 0.393 e. The van der Waals surface area contributed by atoms with Crippen molar-refractivity contribution in [3.8, 4) is 0 Å². The monoisotopic (exact) mass is 338 g/mol. The van der Waals surface area contributed by atoms with Gasteiger partial charge in [-0.2, -0.15) is 0 Å². The van der Waals surface area contributed by atoms with Gasteiger partial charge in [0.1, 0.15) is 6.61 Å². The van der Waals surface area contributed by atoms with Gasteiger partial charge in [0, 0.05) is 11.4 Å². The number of aliphatic hydroxyl groups excluding tert-OH is 2. The molecule has 3 heteroatoms. The Morgan fingerprint density at radius 2 is 1.83 bits per heavy atom. The van der Waals surface area contributed by atoms with Crippen LogP contribution in [-0.4, -0.2) is 28.7 Å². The highest BCUT2D eigenvalue weighted by atomic mass is 16.3. The van der Waals surface area contributed by atoms with Crippen molar-refractivity contribution in [2.45, 2.75) is 77.6 Å². The van der Waals surface area contributed by atoms with Crippen LogP contribution in [0.1, 0.15) is 77.0 Å². The molecule has 4 fully saturated rings. The number of aliphatic hydroxyl groups is 2. The van der Waals surface area contributed by atoms with Gasteiger partial charge in [0.05, 0.1) is 6.10 Å². The van der Waals surface area contributed by atoms with Crippen molar-refractivity contribution in [3.05, 3.63) is 0 Å². The number of ketones is 1. The van der Waals surface area contributed by atoms with Gasteiger partial charge >= 0.3 is 0 Å². The molecule has 0 amide bonds. The molecule has 0 aromatic carbocycles. The Balaban J connectivity index is 1.68. The third kappa shape index (κ3) is 2.26. The number of Topliss-reactive ketones (excluding diaryl/α,β-unsaturated/α-hetero) is 1. The fourth-order valence-corrected chi connectivity index (χ4v) is 7.19. The summed E-state index contributed by atoms with van der Waals surface area (Å²) in [7, 11) is 0. The van der Waals surface area contributed by atoms with E-state index in [9.17, 15) is 15.0 Å². The van der Waals surface area contributed by atoms with Gasteiger partial charge < -0.3 is 10.2 Å². The minimum atomic E-state index is -1.93. The molecule has 0 aromatic heterocycles. The van der Waals surface area contributed by atoms with Crippen LogP contribution in [0.5, 0.6) is 0 Å². The van der Waals surface area contributed by atoms with Crippen LogP contribution in [0.2, 0.25) is 0 Å². The Labute approximate surface area is 151 Å². The molecule has 3 unspecified atom stereocenters. The van der Waals surface area contributed by atoms with E-state index in [1.807, 2.05) is 0 Å². The summed E-state index contributed by atoms with van der Waals surface area (Å²) in [6, 6.07) is 0. The lowest BCUT2D eigenvalue weighted by molar-refractivity contribution is -0.141. The van der Waals surface area contributed by atoms with Crippen molar-refractivity contribution in [2.75, 3.05) is 6.61 Å². The van der Waals surface area contributed by atoms with Crippen LogP contribution in [0, 0.1) is 40.4 Å². The summed E-state index contributed by atoms with van der Waals surface area (Å²) in [5.74, 6) is 0.522. The molecule has 4 rings (SSSR count). The van der Waals surface area contributed by atoms with Gasteiger partial charge in [-0.25, -0.2) is 0 Å². The molecule has 0 aliphatic heterocycles. The first kappa shape index (κ1) is 12.9. The zero-order valence-corrected chi connectivity index (χ0v) is 14.9. The molecule has 4 aliphatic rings. The van der Waals surface area contributed by atoms with Gasteiger partial charge in [0.15, 0.2) is 5.78 Å². The lowest BCUT2D eigenvalue weighted by Gasteiger charge is -2.60. The molecule has 0 heterocycles. The van der Waals surface area contributed by atoms with Crippen LogP contribution in [0.25, 0.3) is 0 Å². The van der Waals surface area contributed by atoms with Crippen LogP contribution < -0.4 is 0 Å². The third-order valence-corrected chi connectivity index (χ3v) is 8.45. The highest BCUT2D eigenvalue weighted by Gasteiger charge is 2.60. The van der Waals surface area contributed by atoms with Crippen molar-refractivity contribution in [3.63, 3.8) is 0 Å². The molecule has 0 radical (unpaired) electrons. The molecule has 4 aliphatic carbocycles. The number of hydrogen-bond acceptors (Lipinski definition) is 3. The Hall–Kier alpha value is -0.410. The highest BCUT2D eigenvalue weighted by molar-refractivity contribution is 5.83. The van der Waals surface area contributed by atoms with Gasteiger partial charge in [0.2, 0.25) is 0 Å². The SMILES string of the molecule is [2H]C1([2H])C[C@]2(C)C3CC[C@@]4(C)C(CC[C@@H]4C(=O)CO)[C@@H]3CCC2C([2H])([2H])[C@H]1O. The molecule has 0 spiro atoms. The molecule has 24 heavy (non-hydrogen) atoms. The van der Waals surface area contributed by atoms with E-state index in [1.54, 1.807) is 0 Å². The van der Waals surface area contributed by atoms with Gasteiger partial charge in [-0.1, -0.05) is 13.8 Å². The number of fused-ring (bicyclic) bond motifs is 5. The molecule has 0 saturated heterocycles. The van der Waals surface area contributed by atoms with Crippen molar-refractivity contribution in [2.24, 2.45) is 40.4 Å². The quantitative estimate of drug-likeness (QED) is 0.809. The molecule has 4 saturated carbocycles. The van der Waals surface area contributed by atoms with Gasteiger partial charge in [-0.15, -0.1) is 0 Å². The Morgan fingerprint density at radius 1 is 1.08 bits per heavy atom. The second-order valence-corrected chi connectivity index (χ2v) is 9.26.